The molecule has 316 valence electrons. The maximum atomic E-state index is 12.7. The summed E-state index contributed by atoms with van der Waals surface area (Å²) in [4.78, 5) is 35.3. The monoisotopic (exact) mass is 785 g/mol. The van der Waals surface area contributed by atoms with Crippen molar-refractivity contribution in [3.05, 3.63) is 37.0 Å². The number of hydrogen-bond donors (Lipinski definition) is 1. The van der Waals surface area contributed by atoms with E-state index in [1.165, 1.54) is 96.3 Å². The van der Waals surface area contributed by atoms with E-state index in [1.807, 2.05) is 27.2 Å². The Morgan fingerprint density at radius 1 is 0.630 bits per heavy atom. The number of esters is 2. The van der Waals surface area contributed by atoms with Gasteiger partial charge in [-0.3, -0.25) is 18.6 Å². The molecule has 0 bridgehead atoms. The van der Waals surface area contributed by atoms with Gasteiger partial charge in [-0.15, -0.1) is 6.58 Å². The molecule has 0 aromatic heterocycles. The van der Waals surface area contributed by atoms with Crippen molar-refractivity contribution >= 4 is 19.8 Å². The van der Waals surface area contributed by atoms with Crippen molar-refractivity contribution in [1.29, 1.82) is 0 Å². The van der Waals surface area contributed by atoms with Crippen LogP contribution in [0.3, 0.4) is 0 Å². The summed E-state index contributed by atoms with van der Waals surface area (Å²) in [6, 6.07) is 0. The van der Waals surface area contributed by atoms with Crippen LogP contribution in [0.15, 0.2) is 37.0 Å². The maximum Gasteiger partial charge on any atom is 0.472 e. The van der Waals surface area contributed by atoms with Gasteiger partial charge in [0.05, 0.1) is 27.7 Å². The molecule has 0 aromatic rings. The number of likely N-dealkylation sites (N-methyl/N-ethyl adjacent to an activating group) is 1. The minimum absolute atomic E-state index is 0.0264. The van der Waals surface area contributed by atoms with Crippen molar-refractivity contribution in [3.8, 4) is 0 Å². The predicted octanol–water partition coefficient (Wildman–Crippen LogP) is 12.1. The Morgan fingerprint density at radius 3 is 1.63 bits per heavy atom. The summed E-state index contributed by atoms with van der Waals surface area (Å²) in [5.74, 6) is -0.838. The minimum atomic E-state index is -4.38. The van der Waals surface area contributed by atoms with Gasteiger partial charge in [-0.2, -0.15) is 0 Å². The third-order valence-corrected chi connectivity index (χ3v) is 10.3. The van der Waals surface area contributed by atoms with Gasteiger partial charge in [-0.1, -0.05) is 140 Å². The largest absolute Gasteiger partial charge is 0.472 e. The molecule has 1 unspecified atom stereocenters. The number of carbonyl (C=O) groups excluding carboxylic acids is 2. The standard InChI is InChI=1S/C44H82NO8P/c1-6-8-10-12-14-16-18-20-22-24-26-28-30-32-34-36-43(46)50-40-42(41-52-54(48,49)51-39-38-45(3,4)5)53-44(47)37-35-33-31-29-27-25-23-21-19-17-15-13-11-9-7-2/h7,20,22,26,28,42H,2,6,8-19,21,23-25,27,29-41H2,1,3-5H3/p+1/b22-20+,28-26+/t42-/m1/s1. The van der Waals surface area contributed by atoms with Crippen molar-refractivity contribution < 1.29 is 42.1 Å². The van der Waals surface area contributed by atoms with E-state index in [0.717, 1.165) is 51.4 Å². The van der Waals surface area contributed by atoms with Crippen LogP contribution >= 0.6 is 7.82 Å². The zero-order valence-electron chi connectivity index (χ0n) is 35.3. The predicted molar refractivity (Wildman–Crippen MR) is 224 cm³/mol. The third kappa shape index (κ3) is 39.9. The van der Waals surface area contributed by atoms with Crippen molar-refractivity contribution in [2.45, 2.75) is 186 Å². The summed E-state index contributed by atoms with van der Waals surface area (Å²) < 4.78 is 34.2. The molecule has 0 aliphatic carbocycles. The second-order valence-corrected chi connectivity index (χ2v) is 17.3. The van der Waals surface area contributed by atoms with Crippen molar-refractivity contribution in [1.82, 2.24) is 0 Å². The Labute approximate surface area is 331 Å². The molecule has 0 heterocycles. The Kier molecular flexibility index (Phi) is 35.6. The fourth-order valence-electron chi connectivity index (χ4n) is 5.85. The van der Waals surface area contributed by atoms with Crippen LogP contribution in [0.25, 0.3) is 0 Å². The summed E-state index contributed by atoms with van der Waals surface area (Å²) >= 11 is 0. The van der Waals surface area contributed by atoms with Gasteiger partial charge in [-0.25, -0.2) is 4.57 Å². The number of rotatable bonds is 40. The molecule has 0 saturated carbocycles. The second-order valence-electron chi connectivity index (χ2n) is 15.8. The number of nitrogens with zero attached hydrogens (tertiary/aromatic N) is 1. The Hall–Kier alpha value is -1.77. The number of ether oxygens (including phenoxy) is 2. The number of quaternary nitrogens is 1. The van der Waals surface area contributed by atoms with Crippen LogP contribution in [0.2, 0.25) is 0 Å². The number of phosphoric acid groups is 1. The quantitative estimate of drug-likeness (QED) is 0.0215. The Balaban J connectivity index is 4.40. The molecule has 0 fully saturated rings. The zero-order valence-corrected chi connectivity index (χ0v) is 36.2. The van der Waals surface area contributed by atoms with Crippen LogP contribution in [0.4, 0.5) is 0 Å². The van der Waals surface area contributed by atoms with Crippen LogP contribution in [0.1, 0.15) is 180 Å². The number of unbranched alkanes of at least 4 members (excludes halogenated alkanes) is 21. The molecule has 54 heavy (non-hydrogen) atoms. The Bertz CT molecular complexity index is 1010. The molecule has 0 rings (SSSR count). The van der Waals surface area contributed by atoms with Gasteiger partial charge >= 0.3 is 19.8 Å². The maximum absolute atomic E-state index is 12.7. The summed E-state index contributed by atoms with van der Waals surface area (Å²) in [7, 11) is 1.46. The lowest BCUT2D eigenvalue weighted by Crippen LogP contribution is -2.37. The highest BCUT2D eigenvalue weighted by molar-refractivity contribution is 7.47. The molecule has 0 aliphatic heterocycles. The molecule has 0 aromatic carbocycles. The SMILES string of the molecule is C=CCCCCCCCCCCCCCCCC(=O)O[C@H](COC(=O)CCCC/C=C/C/C=C/CCCCCCCC)COP(=O)(O)OCC[N+](C)(C)C. The van der Waals surface area contributed by atoms with E-state index in [4.69, 9.17) is 18.5 Å². The van der Waals surface area contributed by atoms with Gasteiger partial charge in [-0.05, 0) is 57.8 Å². The normalized spacial score (nSPS) is 13.7. The van der Waals surface area contributed by atoms with E-state index in [-0.39, 0.29) is 26.1 Å². The molecule has 0 amide bonds. The molecule has 0 spiro atoms. The highest BCUT2D eigenvalue weighted by atomic mass is 31.2. The first-order valence-corrected chi connectivity index (χ1v) is 23.2. The molecule has 2 atom stereocenters. The summed E-state index contributed by atoms with van der Waals surface area (Å²) in [6.45, 7) is 5.90. The summed E-state index contributed by atoms with van der Waals surface area (Å²) in [6.07, 6.45) is 39.4. The average molecular weight is 785 g/mol. The van der Waals surface area contributed by atoms with Crippen molar-refractivity contribution in [3.63, 3.8) is 0 Å². The fourth-order valence-corrected chi connectivity index (χ4v) is 6.59. The number of allylic oxidation sites excluding steroid dienone is 5. The van der Waals surface area contributed by atoms with E-state index in [9.17, 15) is 19.0 Å². The minimum Gasteiger partial charge on any atom is -0.462 e. The first-order chi connectivity index (χ1) is 26.0. The molecule has 9 nitrogen and oxygen atoms in total. The molecule has 0 saturated heterocycles. The highest BCUT2D eigenvalue weighted by Gasteiger charge is 2.27. The number of phosphoric ester groups is 1. The first-order valence-electron chi connectivity index (χ1n) is 21.7. The topological polar surface area (TPSA) is 108 Å². The van der Waals surface area contributed by atoms with Gasteiger partial charge in [0.1, 0.15) is 19.8 Å². The number of hydrogen-bond acceptors (Lipinski definition) is 7. The van der Waals surface area contributed by atoms with E-state index in [1.54, 1.807) is 0 Å². The van der Waals surface area contributed by atoms with Gasteiger partial charge in [0.15, 0.2) is 6.10 Å². The van der Waals surface area contributed by atoms with Gasteiger partial charge in [0, 0.05) is 12.8 Å². The summed E-state index contributed by atoms with van der Waals surface area (Å²) in [5, 5.41) is 0. The molecule has 10 heteroatoms. The molecule has 0 radical (unpaired) electrons. The van der Waals surface area contributed by atoms with E-state index in [0.29, 0.717) is 23.9 Å². The lowest BCUT2D eigenvalue weighted by atomic mass is 10.0. The zero-order chi connectivity index (χ0) is 40.0. The van der Waals surface area contributed by atoms with Crippen LogP contribution in [-0.2, 0) is 32.7 Å². The summed E-state index contributed by atoms with van der Waals surface area (Å²) in [5.41, 5.74) is 0. The van der Waals surface area contributed by atoms with Crippen LogP contribution < -0.4 is 0 Å². The first kappa shape index (κ1) is 52.2. The van der Waals surface area contributed by atoms with Crippen molar-refractivity contribution in [2.24, 2.45) is 0 Å². The lowest BCUT2D eigenvalue weighted by molar-refractivity contribution is -0.870. The fraction of sp³-hybridized carbons (Fsp3) is 0.818. The Morgan fingerprint density at radius 2 is 1.09 bits per heavy atom. The average Bonchev–Trinajstić information content (AvgIpc) is 3.12. The lowest BCUT2D eigenvalue weighted by Gasteiger charge is -2.24. The number of carbonyl (C=O) groups is 2. The van der Waals surface area contributed by atoms with Gasteiger partial charge < -0.3 is 18.9 Å². The highest BCUT2D eigenvalue weighted by Crippen LogP contribution is 2.43. The van der Waals surface area contributed by atoms with Crippen LogP contribution in [0.5, 0.6) is 0 Å². The van der Waals surface area contributed by atoms with Gasteiger partial charge in [0.2, 0.25) is 0 Å². The van der Waals surface area contributed by atoms with Crippen molar-refractivity contribution in [2.75, 3.05) is 47.5 Å². The molecular weight excluding hydrogens is 701 g/mol. The second kappa shape index (κ2) is 36.8. The molecule has 0 aliphatic rings. The van der Waals surface area contributed by atoms with E-state index >= 15 is 0 Å². The van der Waals surface area contributed by atoms with E-state index in [2.05, 4.69) is 37.8 Å². The third-order valence-electron chi connectivity index (χ3n) is 9.29. The van der Waals surface area contributed by atoms with Gasteiger partial charge in [0.25, 0.3) is 0 Å². The van der Waals surface area contributed by atoms with E-state index < -0.39 is 32.5 Å². The smallest absolute Gasteiger partial charge is 0.462 e. The van der Waals surface area contributed by atoms with Crippen LogP contribution in [-0.4, -0.2) is 74.9 Å². The molecular formula is C44H83NO8P+. The molecule has 1 N–H and O–H groups in total. The van der Waals surface area contributed by atoms with Crippen LogP contribution in [0, 0.1) is 0 Å².